The summed E-state index contributed by atoms with van der Waals surface area (Å²) >= 11 is 6.07. The molecule has 0 saturated heterocycles. The van der Waals surface area contributed by atoms with Gasteiger partial charge in [-0.3, -0.25) is 0 Å². The van der Waals surface area contributed by atoms with Crippen LogP contribution in [0.1, 0.15) is 32.6 Å². The standard InChI is InChI=1S/C14H23ClN4O/c1-2-6-17-14-18-9-12(15)13(19-14)16-7-3-8-20-10-11-4-5-11/h9,11H,2-8,10H2,1H3,(H2,16,17,18,19). The molecular weight excluding hydrogens is 276 g/mol. The van der Waals surface area contributed by atoms with Crippen LogP contribution in [0.5, 0.6) is 0 Å². The van der Waals surface area contributed by atoms with Crippen molar-refractivity contribution >= 4 is 23.4 Å². The maximum Gasteiger partial charge on any atom is 0.224 e. The molecular formula is C14H23ClN4O. The molecule has 2 N–H and O–H groups in total. The van der Waals surface area contributed by atoms with Gasteiger partial charge < -0.3 is 15.4 Å². The smallest absolute Gasteiger partial charge is 0.224 e. The van der Waals surface area contributed by atoms with Crippen molar-refractivity contribution in [3.63, 3.8) is 0 Å². The van der Waals surface area contributed by atoms with E-state index in [-0.39, 0.29) is 0 Å². The summed E-state index contributed by atoms with van der Waals surface area (Å²) in [5, 5.41) is 6.92. The van der Waals surface area contributed by atoms with E-state index in [2.05, 4.69) is 27.5 Å². The Labute approximate surface area is 125 Å². The van der Waals surface area contributed by atoms with E-state index in [1.54, 1.807) is 6.20 Å². The Morgan fingerprint density at radius 2 is 2.20 bits per heavy atom. The van der Waals surface area contributed by atoms with Gasteiger partial charge in [-0.2, -0.15) is 4.98 Å². The second kappa shape index (κ2) is 8.27. The van der Waals surface area contributed by atoms with Crippen molar-refractivity contribution in [3.8, 4) is 0 Å². The van der Waals surface area contributed by atoms with E-state index in [1.165, 1.54) is 12.8 Å². The van der Waals surface area contributed by atoms with E-state index in [9.17, 15) is 0 Å². The Balaban J connectivity index is 1.67. The van der Waals surface area contributed by atoms with Crippen LogP contribution in [0, 0.1) is 5.92 Å². The van der Waals surface area contributed by atoms with Gasteiger partial charge in [-0.25, -0.2) is 4.98 Å². The highest BCUT2D eigenvalue weighted by molar-refractivity contribution is 6.32. The van der Waals surface area contributed by atoms with Crippen molar-refractivity contribution < 1.29 is 4.74 Å². The van der Waals surface area contributed by atoms with Crippen LogP contribution in [-0.4, -0.2) is 36.3 Å². The van der Waals surface area contributed by atoms with E-state index < -0.39 is 0 Å². The largest absolute Gasteiger partial charge is 0.381 e. The van der Waals surface area contributed by atoms with Crippen molar-refractivity contribution in [3.05, 3.63) is 11.2 Å². The molecule has 112 valence electrons. The van der Waals surface area contributed by atoms with Gasteiger partial charge in [0.1, 0.15) is 10.8 Å². The molecule has 0 bridgehead atoms. The summed E-state index contributed by atoms with van der Waals surface area (Å²) in [4.78, 5) is 8.50. The zero-order valence-electron chi connectivity index (χ0n) is 12.0. The lowest BCUT2D eigenvalue weighted by atomic mass is 10.4. The number of aromatic nitrogens is 2. The molecule has 1 aromatic rings. The topological polar surface area (TPSA) is 59.1 Å². The molecule has 0 aromatic carbocycles. The third-order valence-corrected chi connectivity index (χ3v) is 3.36. The average Bonchev–Trinajstić information content (AvgIpc) is 3.27. The van der Waals surface area contributed by atoms with Gasteiger partial charge in [0.25, 0.3) is 0 Å². The first-order valence-corrected chi connectivity index (χ1v) is 7.75. The van der Waals surface area contributed by atoms with E-state index >= 15 is 0 Å². The summed E-state index contributed by atoms with van der Waals surface area (Å²) in [5.74, 6) is 2.12. The van der Waals surface area contributed by atoms with Gasteiger partial charge in [-0.15, -0.1) is 0 Å². The van der Waals surface area contributed by atoms with E-state index in [0.717, 1.165) is 45.1 Å². The molecule has 1 aliphatic rings. The van der Waals surface area contributed by atoms with E-state index in [1.807, 2.05) is 0 Å². The van der Waals surface area contributed by atoms with Crippen molar-refractivity contribution in [1.29, 1.82) is 0 Å². The summed E-state index contributed by atoms with van der Waals surface area (Å²) < 4.78 is 5.58. The maximum absolute atomic E-state index is 6.07. The molecule has 1 saturated carbocycles. The van der Waals surface area contributed by atoms with Crippen LogP contribution in [0.15, 0.2) is 6.20 Å². The molecule has 0 radical (unpaired) electrons. The fourth-order valence-electron chi connectivity index (χ4n) is 1.73. The second-order valence-electron chi connectivity index (χ2n) is 5.12. The highest BCUT2D eigenvalue weighted by Gasteiger charge is 2.20. The Hall–Kier alpha value is -1.07. The van der Waals surface area contributed by atoms with Crippen LogP contribution in [0.3, 0.4) is 0 Å². The lowest BCUT2D eigenvalue weighted by molar-refractivity contribution is 0.124. The van der Waals surface area contributed by atoms with Gasteiger partial charge in [0, 0.05) is 26.3 Å². The molecule has 1 fully saturated rings. The zero-order chi connectivity index (χ0) is 14.2. The van der Waals surface area contributed by atoms with Crippen LogP contribution >= 0.6 is 11.6 Å². The number of nitrogens with one attached hydrogen (secondary N) is 2. The van der Waals surface area contributed by atoms with Crippen molar-refractivity contribution in [2.24, 2.45) is 5.92 Å². The van der Waals surface area contributed by atoms with E-state index in [0.29, 0.717) is 16.8 Å². The molecule has 5 nitrogen and oxygen atoms in total. The third kappa shape index (κ3) is 5.51. The quantitative estimate of drug-likeness (QED) is 0.650. The van der Waals surface area contributed by atoms with Crippen molar-refractivity contribution in [1.82, 2.24) is 9.97 Å². The minimum Gasteiger partial charge on any atom is -0.381 e. The highest BCUT2D eigenvalue weighted by atomic mass is 35.5. The maximum atomic E-state index is 6.07. The Morgan fingerprint density at radius 1 is 1.35 bits per heavy atom. The molecule has 0 spiro atoms. The van der Waals surface area contributed by atoms with Crippen molar-refractivity contribution in [2.45, 2.75) is 32.6 Å². The number of ether oxygens (including phenoxy) is 1. The van der Waals surface area contributed by atoms with Crippen LogP contribution in [0.4, 0.5) is 11.8 Å². The Bertz CT molecular complexity index is 412. The van der Waals surface area contributed by atoms with Crippen LogP contribution < -0.4 is 10.6 Å². The lowest BCUT2D eigenvalue weighted by Gasteiger charge is -2.09. The van der Waals surface area contributed by atoms with Gasteiger partial charge in [0.2, 0.25) is 5.95 Å². The highest BCUT2D eigenvalue weighted by Crippen LogP contribution is 2.28. The molecule has 0 unspecified atom stereocenters. The molecule has 1 aromatic heterocycles. The third-order valence-electron chi connectivity index (χ3n) is 3.09. The molecule has 20 heavy (non-hydrogen) atoms. The fourth-order valence-corrected chi connectivity index (χ4v) is 1.89. The second-order valence-corrected chi connectivity index (χ2v) is 5.52. The van der Waals surface area contributed by atoms with Gasteiger partial charge in [0.05, 0.1) is 6.20 Å². The predicted octanol–water partition coefficient (Wildman–Crippen LogP) is 3.18. The molecule has 0 aliphatic heterocycles. The number of hydrogen-bond donors (Lipinski definition) is 2. The minimum absolute atomic E-state index is 0.547. The molecule has 6 heteroatoms. The molecule has 0 atom stereocenters. The number of hydrogen-bond acceptors (Lipinski definition) is 5. The SMILES string of the molecule is CCCNc1ncc(Cl)c(NCCCOCC2CC2)n1. The molecule has 1 heterocycles. The first-order valence-electron chi connectivity index (χ1n) is 7.37. The number of halogens is 1. The Kier molecular flexibility index (Phi) is 6.33. The predicted molar refractivity (Wildman–Crippen MR) is 82.5 cm³/mol. The monoisotopic (exact) mass is 298 g/mol. The lowest BCUT2D eigenvalue weighted by Crippen LogP contribution is -2.10. The number of nitrogens with zero attached hydrogens (tertiary/aromatic N) is 2. The molecule has 2 rings (SSSR count). The van der Waals surface area contributed by atoms with E-state index in [4.69, 9.17) is 16.3 Å². The van der Waals surface area contributed by atoms with Crippen LogP contribution in [-0.2, 0) is 4.74 Å². The van der Waals surface area contributed by atoms with Crippen LogP contribution in [0.25, 0.3) is 0 Å². The summed E-state index contributed by atoms with van der Waals surface area (Å²) in [6, 6.07) is 0. The average molecular weight is 299 g/mol. The van der Waals surface area contributed by atoms with Gasteiger partial charge >= 0.3 is 0 Å². The van der Waals surface area contributed by atoms with Gasteiger partial charge in [-0.1, -0.05) is 18.5 Å². The first kappa shape index (κ1) is 15.3. The summed E-state index contributed by atoms with van der Waals surface area (Å²) in [6.07, 6.45) is 6.28. The normalized spacial score (nSPS) is 14.3. The minimum atomic E-state index is 0.547. The summed E-state index contributed by atoms with van der Waals surface area (Å²) in [7, 11) is 0. The molecule has 0 amide bonds. The fraction of sp³-hybridized carbons (Fsp3) is 0.714. The van der Waals surface area contributed by atoms with Crippen LogP contribution in [0.2, 0.25) is 5.02 Å². The molecule has 1 aliphatic carbocycles. The van der Waals surface area contributed by atoms with Crippen molar-refractivity contribution in [2.75, 3.05) is 36.9 Å². The summed E-state index contributed by atoms with van der Waals surface area (Å²) in [5.41, 5.74) is 0. The number of rotatable bonds is 10. The summed E-state index contributed by atoms with van der Waals surface area (Å²) in [6.45, 7) is 5.46. The zero-order valence-corrected chi connectivity index (χ0v) is 12.7. The first-order chi connectivity index (χ1) is 9.79. The number of anilines is 2. The Morgan fingerprint density at radius 3 is 2.95 bits per heavy atom. The van der Waals surface area contributed by atoms with Gasteiger partial charge in [-0.05, 0) is 31.6 Å². The van der Waals surface area contributed by atoms with Gasteiger partial charge in [0.15, 0.2) is 0 Å².